The van der Waals surface area contributed by atoms with E-state index in [1.54, 1.807) is 0 Å². The Balaban J connectivity index is 1.60. The molecule has 1 saturated heterocycles. The van der Waals surface area contributed by atoms with Crippen LogP contribution in [-0.2, 0) is 0 Å². The maximum absolute atomic E-state index is 5.96. The molecule has 1 aromatic carbocycles. The molecule has 0 amide bonds. The molecule has 0 radical (unpaired) electrons. The fourth-order valence-corrected chi connectivity index (χ4v) is 3.29. The Morgan fingerprint density at radius 2 is 2.14 bits per heavy atom. The summed E-state index contributed by atoms with van der Waals surface area (Å²) in [6.07, 6.45) is 7.83. The topological polar surface area (TPSA) is 29.3 Å². The van der Waals surface area contributed by atoms with Crippen LogP contribution in [-0.4, -0.2) is 29.5 Å². The number of oxazole rings is 1. The molecule has 21 heavy (non-hydrogen) atoms. The van der Waals surface area contributed by atoms with Crippen LogP contribution >= 0.6 is 0 Å². The number of para-hydroxylation sites is 2. The third-order valence-electron chi connectivity index (χ3n) is 4.49. The molecule has 0 N–H and O–H groups in total. The van der Waals surface area contributed by atoms with Crippen molar-refractivity contribution in [3.63, 3.8) is 0 Å². The Morgan fingerprint density at radius 3 is 3.00 bits per heavy atom. The van der Waals surface area contributed by atoms with Gasteiger partial charge in [0.15, 0.2) is 11.5 Å². The Labute approximate surface area is 127 Å². The molecule has 1 fully saturated rings. The Bertz CT molecular complexity index is 530. The molecule has 3 nitrogen and oxygen atoms in total. The molecule has 0 bridgehead atoms. The van der Waals surface area contributed by atoms with Crippen molar-refractivity contribution in [1.29, 1.82) is 0 Å². The van der Waals surface area contributed by atoms with E-state index in [0.717, 1.165) is 23.5 Å². The number of unbranched alkanes of at least 4 members (excludes halogenated alkanes) is 3. The lowest BCUT2D eigenvalue weighted by molar-refractivity contribution is 0.191. The molecule has 2 heterocycles. The van der Waals surface area contributed by atoms with E-state index in [1.807, 2.05) is 24.3 Å². The molecule has 1 unspecified atom stereocenters. The average Bonchev–Trinajstić information content (AvgIpc) is 2.96. The predicted molar refractivity (Wildman–Crippen MR) is 86.6 cm³/mol. The second-order valence-corrected chi connectivity index (χ2v) is 6.22. The summed E-state index contributed by atoms with van der Waals surface area (Å²) in [4.78, 5) is 7.28. The van der Waals surface area contributed by atoms with E-state index >= 15 is 0 Å². The van der Waals surface area contributed by atoms with Gasteiger partial charge in [0.25, 0.3) is 0 Å². The van der Waals surface area contributed by atoms with Crippen LogP contribution in [0, 0.1) is 0 Å². The van der Waals surface area contributed by atoms with Crippen LogP contribution in [0.15, 0.2) is 28.7 Å². The number of hydrogen-bond acceptors (Lipinski definition) is 3. The first-order chi connectivity index (χ1) is 10.4. The van der Waals surface area contributed by atoms with Gasteiger partial charge in [-0.05, 0) is 44.5 Å². The van der Waals surface area contributed by atoms with E-state index in [4.69, 9.17) is 4.42 Å². The molecule has 0 aliphatic carbocycles. The Morgan fingerprint density at radius 1 is 1.24 bits per heavy atom. The second kappa shape index (κ2) is 7.08. The summed E-state index contributed by atoms with van der Waals surface area (Å²) in [7, 11) is 0. The van der Waals surface area contributed by atoms with Crippen LogP contribution in [0.4, 0.5) is 0 Å². The van der Waals surface area contributed by atoms with Gasteiger partial charge in [0.2, 0.25) is 0 Å². The summed E-state index contributed by atoms with van der Waals surface area (Å²) in [6, 6.07) is 8.08. The second-order valence-electron chi connectivity index (χ2n) is 6.22. The zero-order chi connectivity index (χ0) is 14.5. The zero-order valence-corrected chi connectivity index (χ0v) is 13.1. The maximum atomic E-state index is 5.96. The number of rotatable bonds is 6. The monoisotopic (exact) mass is 286 g/mol. The smallest absolute Gasteiger partial charge is 0.199 e. The fraction of sp³-hybridized carbons (Fsp3) is 0.611. The Hall–Kier alpha value is -1.35. The highest BCUT2D eigenvalue weighted by atomic mass is 16.3. The standard InChI is InChI=1S/C18H26N2O/c1-2-3-4-7-12-20-13-8-9-15(14-20)18-19-16-10-5-6-11-17(16)21-18/h5-6,10-11,15H,2-4,7-9,12-14H2,1H3. The molecule has 1 aliphatic heterocycles. The lowest BCUT2D eigenvalue weighted by Gasteiger charge is -2.31. The number of aromatic nitrogens is 1. The molecule has 1 aromatic heterocycles. The number of nitrogens with zero attached hydrogens (tertiary/aromatic N) is 2. The molecule has 0 spiro atoms. The summed E-state index contributed by atoms with van der Waals surface area (Å²) < 4.78 is 5.96. The number of fused-ring (bicyclic) bond motifs is 1. The number of likely N-dealkylation sites (tertiary alicyclic amines) is 1. The van der Waals surface area contributed by atoms with Gasteiger partial charge in [-0.2, -0.15) is 0 Å². The minimum atomic E-state index is 0.470. The van der Waals surface area contributed by atoms with E-state index in [0.29, 0.717) is 5.92 Å². The van der Waals surface area contributed by atoms with Crippen molar-refractivity contribution in [3.8, 4) is 0 Å². The van der Waals surface area contributed by atoms with Crippen molar-refractivity contribution >= 4 is 11.1 Å². The van der Waals surface area contributed by atoms with Gasteiger partial charge in [0.1, 0.15) is 5.52 Å². The summed E-state index contributed by atoms with van der Waals surface area (Å²) in [6.45, 7) is 5.85. The number of benzene rings is 1. The third-order valence-corrected chi connectivity index (χ3v) is 4.49. The van der Waals surface area contributed by atoms with Gasteiger partial charge >= 0.3 is 0 Å². The highest BCUT2D eigenvalue weighted by molar-refractivity contribution is 5.72. The molecule has 3 heteroatoms. The van der Waals surface area contributed by atoms with Gasteiger partial charge in [-0.1, -0.05) is 38.3 Å². The summed E-state index contributed by atoms with van der Waals surface area (Å²) in [5, 5.41) is 0. The van der Waals surface area contributed by atoms with E-state index in [9.17, 15) is 0 Å². The lowest BCUT2D eigenvalue weighted by atomic mass is 9.97. The van der Waals surface area contributed by atoms with Crippen LogP contribution < -0.4 is 0 Å². The average molecular weight is 286 g/mol. The van der Waals surface area contributed by atoms with Crippen LogP contribution in [0.3, 0.4) is 0 Å². The van der Waals surface area contributed by atoms with Crippen molar-refractivity contribution in [2.45, 2.75) is 51.4 Å². The van der Waals surface area contributed by atoms with Crippen LogP contribution in [0.2, 0.25) is 0 Å². The summed E-state index contributed by atoms with van der Waals surface area (Å²) in [5.74, 6) is 1.41. The van der Waals surface area contributed by atoms with Crippen molar-refractivity contribution in [1.82, 2.24) is 9.88 Å². The molecular weight excluding hydrogens is 260 g/mol. The van der Waals surface area contributed by atoms with E-state index in [-0.39, 0.29) is 0 Å². The van der Waals surface area contributed by atoms with Gasteiger partial charge in [0.05, 0.1) is 0 Å². The minimum absolute atomic E-state index is 0.470. The van der Waals surface area contributed by atoms with E-state index in [1.165, 1.54) is 51.6 Å². The maximum Gasteiger partial charge on any atom is 0.199 e. The molecule has 1 aliphatic rings. The fourth-order valence-electron chi connectivity index (χ4n) is 3.29. The predicted octanol–water partition coefficient (Wildman–Crippen LogP) is 4.59. The van der Waals surface area contributed by atoms with Crippen LogP contribution in [0.25, 0.3) is 11.1 Å². The van der Waals surface area contributed by atoms with Gasteiger partial charge in [0, 0.05) is 12.5 Å². The highest BCUT2D eigenvalue weighted by Gasteiger charge is 2.24. The normalized spacial score (nSPS) is 20.1. The number of piperidine rings is 1. The molecule has 0 saturated carbocycles. The minimum Gasteiger partial charge on any atom is -0.440 e. The highest BCUT2D eigenvalue weighted by Crippen LogP contribution is 2.29. The van der Waals surface area contributed by atoms with Gasteiger partial charge < -0.3 is 9.32 Å². The van der Waals surface area contributed by atoms with Crippen molar-refractivity contribution < 1.29 is 4.42 Å². The van der Waals surface area contributed by atoms with Crippen molar-refractivity contribution in [2.75, 3.05) is 19.6 Å². The third kappa shape index (κ3) is 3.65. The molecule has 1 atom stereocenters. The lowest BCUT2D eigenvalue weighted by Crippen LogP contribution is -2.35. The molecular formula is C18H26N2O. The Kier molecular flexibility index (Phi) is 4.91. The first-order valence-corrected chi connectivity index (χ1v) is 8.44. The first kappa shape index (κ1) is 14.6. The van der Waals surface area contributed by atoms with Crippen LogP contribution in [0.1, 0.15) is 57.3 Å². The SMILES string of the molecule is CCCCCCN1CCCC(c2nc3ccccc3o2)C1. The summed E-state index contributed by atoms with van der Waals surface area (Å²) >= 11 is 0. The van der Waals surface area contributed by atoms with Gasteiger partial charge in [-0.25, -0.2) is 4.98 Å². The van der Waals surface area contributed by atoms with Crippen LogP contribution in [0.5, 0.6) is 0 Å². The van der Waals surface area contributed by atoms with Crippen molar-refractivity contribution in [3.05, 3.63) is 30.2 Å². The number of hydrogen-bond donors (Lipinski definition) is 0. The zero-order valence-electron chi connectivity index (χ0n) is 13.1. The molecule has 3 rings (SSSR count). The quantitative estimate of drug-likeness (QED) is 0.727. The summed E-state index contributed by atoms with van der Waals surface area (Å²) in [5.41, 5.74) is 1.92. The first-order valence-electron chi connectivity index (χ1n) is 8.44. The molecule has 114 valence electrons. The van der Waals surface area contributed by atoms with Gasteiger partial charge in [-0.15, -0.1) is 0 Å². The van der Waals surface area contributed by atoms with Crippen molar-refractivity contribution in [2.24, 2.45) is 0 Å². The van der Waals surface area contributed by atoms with E-state index in [2.05, 4.69) is 16.8 Å². The van der Waals surface area contributed by atoms with Gasteiger partial charge in [-0.3, -0.25) is 0 Å². The van der Waals surface area contributed by atoms with E-state index < -0.39 is 0 Å². The largest absolute Gasteiger partial charge is 0.440 e. The molecule has 2 aromatic rings.